The molecule has 0 bridgehead atoms. The molecular formula is C70H68N4O10S2. The molecule has 9 aromatic rings. The van der Waals surface area contributed by atoms with Gasteiger partial charge in [-0.25, -0.2) is 0 Å². The minimum absolute atomic E-state index is 0.0585. The molecule has 2 atom stereocenters. The zero-order chi connectivity index (χ0) is 60.8. The Morgan fingerprint density at radius 2 is 0.605 bits per heavy atom. The highest BCUT2D eigenvalue weighted by Gasteiger charge is 2.47. The first kappa shape index (κ1) is 59.1. The molecule has 0 aliphatic carbocycles. The minimum Gasteiger partial charge on any atom is -0.456 e. The fourth-order valence-electron chi connectivity index (χ4n) is 12.3. The van der Waals surface area contributed by atoms with Crippen LogP contribution in [-0.2, 0) is 9.59 Å². The van der Waals surface area contributed by atoms with Gasteiger partial charge in [0.05, 0.1) is 22.3 Å². The first-order valence-corrected chi connectivity index (χ1v) is 30.7. The van der Waals surface area contributed by atoms with Crippen LogP contribution in [0.3, 0.4) is 0 Å². The number of hydrogen-bond acceptors (Lipinski definition) is 12. The van der Waals surface area contributed by atoms with E-state index in [1.54, 1.807) is 34.1 Å². The number of thiol groups is 2. The lowest BCUT2D eigenvalue weighted by molar-refractivity contribution is -0.135. The Kier molecular flexibility index (Phi) is 16.8. The van der Waals surface area contributed by atoms with E-state index in [-0.39, 0.29) is 67.5 Å². The van der Waals surface area contributed by atoms with Crippen LogP contribution in [0.1, 0.15) is 117 Å². The van der Waals surface area contributed by atoms with Crippen molar-refractivity contribution in [1.82, 2.24) is 19.6 Å². The summed E-state index contributed by atoms with van der Waals surface area (Å²) < 4.78 is 28.8. The van der Waals surface area contributed by atoms with E-state index in [0.29, 0.717) is 107 Å². The number of nitrogens with zero attached hydrogens (tertiary/aromatic N) is 4. The predicted molar refractivity (Wildman–Crippen MR) is 343 cm³/mol. The van der Waals surface area contributed by atoms with Crippen molar-refractivity contribution in [3.63, 3.8) is 0 Å². The quantitative estimate of drug-likeness (QED) is 0.0290. The second-order valence-electron chi connectivity index (χ2n) is 22.2. The number of carbonyl (C=O) groups excluding carboxylic acids is 6. The Labute approximate surface area is 511 Å². The molecule has 0 saturated heterocycles. The van der Waals surface area contributed by atoms with Gasteiger partial charge >= 0.3 is 0 Å². The number of fused-ring (bicyclic) bond motifs is 2. The third kappa shape index (κ3) is 10.1. The number of amides is 6. The lowest BCUT2D eigenvalue weighted by atomic mass is 9.80. The van der Waals surface area contributed by atoms with E-state index in [1.165, 1.54) is 0 Å². The second-order valence-corrected chi connectivity index (χ2v) is 22.9. The molecular weight excluding hydrogens is 1120 g/mol. The first-order chi connectivity index (χ1) is 41.6. The molecule has 2 aliphatic rings. The van der Waals surface area contributed by atoms with Crippen molar-refractivity contribution in [2.75, 3.05) is 37.7 Å². The molecule has 440 valence electrons. The Bertz CT molecular complexity index is 3730. The molecule has 2 heterocycles. The van der Waals surface area contributed by atoms with Crippen LogP contribution in [0.25, 0.3) is 43.1 Å². The third-order valence-electron chi connectivity index (χ3n) is 16.4. The largest absolute Gasteiger partial charge is 0.456 e. The number of rotatable bonds is 22. The highest BCUT2D eigenvalue weighted by Crippen LogP contribution is 2.58. The molecule has 0 fully saturated rings. The highest BCUT2D eigenvalue weighted by molar-refractivity contribution is 7.80. The monoisotopic (exact) mass is 1190 g/mol. The fourth-order valence-corrected chi connectivity index (χ4v) is 12.9. The second kappa shape index (κ2) is 24.4. The van der Waals surface area contributed by atoms with Crippen molar-refractivity contribution < 1.29 is 47.7 Å². The molecule has 0 radical (unpaired) electrons. The van der Waals surface area contributed by atoms with Crippen LogP contribution in [0.15, 0.2) is 121 Å². The van der Waals surface area contributed by atoms with Gasteiger partial charge in [0.1, 0.15) is 58.1 Å². The van der Waals surface area contributed by atoms with Crippen molar-refractivity contribution in [2.24, 2.45) is 0 Å². The maximum Gasteiger partial charge on any atom is 0.262 e. The van der Waals surface area contributed by atoms with Crippen LogP contribution < -0.4 is 18.9 Å². The normalized spacial score (nSPS) is 13.7. The summed E-state index contributed by atoms with van der Waals surface area (Å²) in [4.78, 5) is 98.8. The Morgan fingerprint density at radius 3 is 0.814 bits per heavy atom. The molecule has 14 nitrogen and oxygen atoms in total. The summed E-state index contributed by atoms with van der Waals surface area (Å²) >= 11 is 9.38. The molecule has 6 amide bonds. The van der Waals surface area contributed by atoms with Gasteiger partial charge in [-0.1, -0.05) is 100 Å². The van der Waals surface area contributed by atoms with Crippen LogP contribution >= 0.6 is 25.3 Å². The number of aryl methyl sites for hydroxylation is 4. The van der Waals surface area contributed by atoms with E-state index >= 15 is 19.2 Å². The average molecular weight is 1190 g/mol. The summed E-state index contributed by atoms with van der Waals surface area (Å²) in [6.45, 7) is 17.1. The van der Waals surface area contributed by atoms with Crippen molar-refractivity contribution >= 4 is 104 Å². The lowest BCUT2D eigenvalue weighted by Crippen LogP contribution is -2.55. The standard InChI is InChI=1S/C70H68N4O10S2/c1-9-29-71(30-10-2)69(79)47(37-85)73-65(75)43-33-53(81-49-25-17-13-21-39(49)5)59-61-55(83-51-27-19-15-23-41(51)7)35-45-58-46(68(78)74(67(45)77)48(38-86)70(80)72(31-11-3)32-12-4)36-56(84-52-28-20-16-24-42(52)8)62(64(58)61)60-54(82-50-26-18-14-22-40(50)6)34-44(66(73)76)57(43)63(59)60/h13-28,33-36,47-48,85-86H,9-12,29-32,37-38H2,1-8H3. The van der Waals surface area contributed by atoms with Gasteiger partial charge in [0, 0.05) is 80.8 Å². The van der Waals surface area contributed by atoms with E-state index in [0.717, 1.165) is 32.1 Å². The molecule has 0 spiro atoms. The number of para-hydroxylation sites is 4. The van der Waals surface area contributed by atoms with E-state index in [4.69, 9.17) is 44.2 Å². The molecule has 11 rings (SSSR count). The van der Waals surface area contributed by atoms with Gasteiger partial charge in [-0.15, -0.1) is 0 Å². The molecule has 2 aliphatic heterocycles. The summed E-state index contributed by atoms with van der Waals surface area (Å²) in [5.74, 6) is -1.84. The van der Waals surface area contributed by atoms with Gasteiger partial charge < -0.3 is 28.7 Å². The summed E-state index contributed by atoms with van der Waals surface area (Å²) in [6.07, 6.45) is 2.59. The van der Waals surface area contributed by atoms with Crippen LogP contribution in [0, 0.1) is 27.7 Å². The topological polar surface area (TPSA) is 152 Å². The molecule has 86 heavy (non-hydrogen) atoms. The van der Waals surface area contributed by atoms with Crippen molar-refractivity contribution in [3.8, 4) is 46.0 Å². The van der Waals surface area contributed by atoms with Crippen molar-refractivity contribution in [2.45, 2.75) is 93.2 Å². The summed E-state index contributed by atoms with van der Waals surface area (Å²) in [5, 5.41) is 2.51. The Morgan fingerprint density at radius 1 is 0.372 bits per heavy atom. The van der Waals surface area contributed by atoms with Gasteiger partial charge in [-0.05, 0) is 124 Å². The summed E-state index contributed by atoms with van der Waals surface area (Å²) in [6, 6.07) is 33.5. The Hall–Kier alpha value is -8.60. The van der Waals surface area contributed by atoms with Gasteiger partial charge in [0.25, 0.3) is 23.6 Å². The maximum absolute atomic E-state index is 15.9. The van der Waals surface area contributed by atoms with Crippen LogP contribution in [0.2, 0.25) is 0 Å². The van der Waals surface area contributed by atoms with Crippen LogP contribution in [0.5, 0.6) is 46.0 Å². The van der Waals surface area contributed by atoms with Gasteiger partial charge in [-0.3, -0.25) is 38.6 Å². The number of imide groups is 2. The smallest absolute Gasteiger partial charge is 0.262 e. The van der Waals surface area contributed by atoms with Crippen molar-refractivity contribution in [3.05, 3.63) is 166 Å². The Balaban J connectivity index is 1.36. The summed E-state index contributed by atoms with van der Waals surface area (Å²) in [7, 11) is 0. The van der Waals surface area contributed by atoms with Crippen LogP contribution in [0.4, 0.5) is 0 Å². The van der Waals surface area contributed by atoms with Gasteiger partial charge in [0.2, 0.25) is 11.8 Å². The third-order valence-corrected chi connectivity index (χ3v) is 17.0. The minimum atomic E-state index is -1.30. The lowest BCUT2D eigenvalue weighted by Gasteiger charge is -2.37. The van der Waals surface area contributed by atoms with Crippen molar-refractivity contribution in [1.29, 1.82) is 0 Å². The van der Waals surface area contributed by atoms with Gasteiger partial charge in [-0.2, -0.15) is 25.3 Å². The average Bonchev–Trinajstić information content (AvgIpc) is 0.709. The predicted octanol–water partition coefficient (Wildman–Crippen LogP) is 15.2. The number of carbonyl (C=O) groups is 6. The van der Waals surface area contributed by atoms with E-state index < -0.39 is 47.5 Å². The maximum atomic E-state index is 15.9. The molecule has 2 unspecified atom stereocenters. The first-order valence-electron chi connectivity index (χ1n) is 29.5. The number of benzene rings is 9. The van der Waals surface area contributed by atoms with Crippen LogP contribution in [-0.4, -0.2) is 105 Å². The molecule has 16 heteroatoms. The molecule has 0 aromatic heterocycles. The summed E-state index contributed by atoms with van der Waals surface area (Å²) in [5.41, 5.74) is 3.24. The zero-order valence-electron chi connectivity index (χ0n) is 49.5. The highest BCUT2D eigenvalue weighted by atomic mass is 32.1. The fraction of sp³-hybridized carbons (Fsp3) is 0.286. The zero-order valence-corrected chi connectivity index (χ0v) is 51.3. The van der Waals surface area contributed by atoms with Gasteiger partial charge in [0.15, 0.2) is 0 Å². The SMILES string of the molecule is CCCN(CCC)C(=O)C(CS)N1C(=O)c2cc(Oc3ccccc3C)c3c4c(Oc5ccccc5C)cc5c6c(cc(Oc7ccccc7C)c(c7c(Oc8ccccc8C)cc(c2c37)C1=O)c64)C(=O)N(C(CS)C(=O)N(CCC)CCC)C5=O. The number of hydrogen-bond donors (Lipinski definition) is 2. The number of ether oxygens (including phenoxy) is 4. The molecule has 0 N–H and O–H groups in total. The van der Waals surface area contributed by atoms with E-state index in [9.17, 15) is 9.59 Å². The van der Waals surface area contributed by atoms with E-state index in [2.05, 4.69) is 0 Å². The molecule has 9 aromatic carbocycles. The molecule has 0 saturated carbocycles. The van der Waals surface area contributed by atoms with E-state index in [1.807, 2.05) is 152 Å².